The van der Waals surface area contributed by atoms with E-state index in [1.165, 1.54) is 12.1 Å². The van der Waals surface area contributed by atoms with Crippen LogP contribution < -0.4 is 5.32 Å². The molecule has 1 saturated heterocycles. The number of carboxylic acid groups (broad SMARTS) is 1. The maximum atomic E-state index is 13.1. The normalized spacial score (nSPS) is 16.6. The van der Waals surface area contributed by atoms with Crippen molar-refractivity contribution >= 4 is 33.4 Å². The van der Waals surface area contributed by atoms with Gasteiger partial charge in [0.05, 0.1) is 4.90 Å². The van der Waals surface area contributed by atoms with E-state index >= 15 is 0 Å². The highest BCUT2D eigenvalue weighted by atomic mass is 32.2. The minimum absolute atomic E-state index is 0.0158. The highest BCUT2D eigenvalue weighted by Crippen LogP contribution is 2.26. The van der Waals surface area contributed by atoms with Crippen molar-refractivity contribution in [2.75, 3.05) is 6.54 Å². The van der Waals surface area contributed by atoms with Gasteiger partial charge in [-0.1, -0.05) is 48.9 Å². The van der Waals surface area contributed by atoms with Crippen LogP contribution in [0.25, 0.3) is 0 Å². The molecule has 0 bridgehead atoms. The molecule has 218 valence electrons. The van der Waals surface area contributed by atoms with Crippen LogP contribution in [-0.4, -0.2) is 59.8 Å². The minimum atomic E-state index is -3.90. The number of nitrogens with zero attached hydrogens (tertiary/aromatic N) is 3. The van der Waals surface area contributed by atoms with Gasteiger partial charge >= 0.3 is 5.97 Å². The second kappa shape index (κ2) is 15.2. The van der Waals surface area contributed by atoms with Gasteiger partial charge in [0.15, 0.2) is 0 Å². The van der Waals surface area contributed by atoms with E-state index < -0.39 is 34.0 Å². The number of carboxylic acids is 1. The van der Waals surface area contributed by atoms with Crippen molar-refractivity contribution in [1.82, 2.24) is 9.62 Å². The quantitative estimate of drug-likeness (QED) is 0.185. The summed E-state index contributed by atoms with van der Waals surface area (Å²) in [5, 5.41) is 20.8. The Labute approximate surface area is 241 Å². The van der Waals surface area contributed by atoms with Crippen LogP contribution in [0.5, 0.6) is 0 Å². The zero-order chi connectivity index (χ0) is 29.8. The van der Waals surface area contributed by atoms with Crippen LogP contribution in [0.4, 0.5) is 0 Å². The zero-order valence-corrected chi connectivity index (χ0v) is 24.0. The Morgan fingerprint density at radius 1 is 1.05 bits per heavy atom. The Morgan fingerprint density at radius 2 is 1.71 bits per heavy atom. The van der Waals surface area contributed by atoms with Crippen molar-refractivity contribution in [1.29, 1.82) is 5.26 Å². The van der Waals surface area contributed by atoms with E-state index in [-0.39, 0.29) is 30.1 Å². The first-order chi connectivity index (χ1) is 19.6. The number of aliphatic imine (C=N–C) groups is 1. The van der Waals surface area contributed by atoms with E-state index in [1.807, 2.05) is 6.92 Å². The summed E-state index contributed by atoms with van der Waals surface area (Å²) in [7, 11) is -3.90. The SMILES string of the molecule is CC(CCCCCC(=O)Cc1ccc(CC(NC(=O)[C@@H]2CCCN2S(=O)(=O)c2ccccc2)C(=O)O)cc1)=NC#N. The van der Waals surface area contributed by atoms with Gasteiger partial charge in [-0.05, 0) is 62.3 Å². The smallest absolute Gasteiger partial charge is 0.326 e. The molecule has 0 spiro atoms. The molecule has 2 atom stereocenters. The van der Waals surface area contributed by atoms with Gasteiger partial charge in [0.1, 0.15) is 17.9 Å². The van der Waals surface area contributed by atoms with Gasteiger partial charge in [0, 0.05) is 31.5 Å². The number of aliphatic carboxylic acids is 1. The van der Waals surface area contributed by atoms with Crippen molar-refractivity contribution in [3.8, 4) is 6.19 Å². The van der Waals surface area contributed by atoms with Crippen molar-refractivity contribution in [2.45, 2.75) is 81.7 Å². The summed E-state index contributed by atoms with van der Waals surface area (Å²) in [6, 6.07) is 12.7. The van der Waals surface area contributed by atoms with Crippen LogP contribution in [0.3, 0.4) is 0 Å². The second-order valence-corrected chi connectivity index (χ2v) is 12.1. The fourth-order valence-electron chi connectivity index (χ4n) is 4.85. The predicted octanol–water partition coefficient (Wildman–Crippen LogP) is 3.66. The summed E-state index contributed by atoms with van der Waals surface area (Å²) in [4.78, 5) is 41.2. The first-order valence-electron chi connectivity index (χ1n) is 13.7. The number of sulfonamides is 1. The third kappa shape index (κ3) is 9.33. The molecule has 2 N–H and O–H groups in total. The monoisotopic (exact) mass is 580 g/mol. The minimum Gasteiger partial charge on any atom is -0.480 e. The molecule has 1 aliphatic heterocycles. The molecule has 0 radical (unpaired) electrons. The maximum Gasteiger partial charge on any atom is 0.326 e. The van der Waals surface area contributed by atoms with E-state index in [0.717, 1.165) is 41.3 Å². The van der Waals surface area contributed by atoms with E-state index in [4.69, 9.17) is 5.26 Å². The van der Waals surface area contributed by atoms with E-state index in [0.29, 0.717) is 24.8 Å². The Balaban J connectivity index is 1.52. The van der Waals surface area contributed by atoms with Crippen LogP contribution in [-0.2, 0) is 37.2 Å². The molecule has 0 aliphatic carbocycles. The number of rotatable bonds is 15. The molecule has 1 heterocycles. The number of carbonyl (C=O) groups is 3. The fraction of sp³-hybridized carbons (Fsp3) is 0.433. The number of unbranched alkanes of at least 4 members (excludes halogenated alkanes) is 2. The van der Waals surface area contributed by atoms with E-state index in [1.54, 1.807) is 48.7 Å². The Bertz CT molecular complexity index is 1380. The van der Waals surface area contributed by atoms with Crippen molar-refractivity contribution in [3.05, 3.63) is 65.7 Å². The molecule has 2 aromatic carbocycles. The standard InChI is InChI=1S/C30H36N4O6S/c1-22(32-21-31)9-4-2-5-10-25(35)19-23-14-16-24(17-15-23)20-27(30(37)38)33-29(36)28-13-8-18-34(28)41(39,40)26-11-6-3-7-12-26/h3,6-7,11-12,14-17,27-28H,2,4-5,8-10,13,18-20H2,1H3,(H,33,36)(H,37,38)/t27?,28-/m0/s1. The number of amides is 1. The number of hydrogen-bond donors (Lipinski definition) is 2. The number of Topliss-reactive ketones (excluding diaryl/α,β-unsaturated/α-hetero) is 1. The van der Waals surface area contributed by atoms with Crippen LogP contribution in [0.15, 0.2) is 64.5 Å². The molecule has 1 amide bonds. The van der Waals surface area contributed by atoms with Gasteiger partial charge < -0.3 is 10.4 Å². The number of nitriles is 1. The van der Waals surface area contributed by atoms with Gasteiger partial charge in [-0.25, -0.2) is 13.2 Å². The largest absolute Gasteiger partial charge is 0.480 e. The Hall–Kier alpha value is -3.88. The molecular formula is C30H36N4O6S. The fourth-order valence-corrected chi connectivity index (χ4v) is 6.53. The first-order valence-corrected chi connectivity index (χ1v) is 15.2. The summed E-state index contributed by atoms with van der Waals surface area (Å²) in [6.07, 6.45) is 6.59. The number of hydrogen-bond acceptors (Lipinski definition) is 7. The maximum absolute atomic E-state index is 13.1. The summed E-state index contributed by atoms with van der Waals surface area (Å²) < 4.78 is 27.3. The van der Waals surface area contributed by atoms with Gasteiger partial charge in [-0.3, -0.25) is 9.59 Å². The first kappa shape index (κ1) is 31.6. The van der Waals surface area contributed by atoms with E-state index in [2.05, 4.69) is 10.3 Å². The summed E-state index contributed by atoms with van der Waals surface area (Å²) >= 11 is 0. The molecule has 1 unspecified atom stereocenters. The molecule has 41 heavy (non-hydrogen) atoms. The Kier molecular flexibility index (Phi) is 11.7. The highest BCUT2D eigenvalue weighted by molar-refractivity contribution is 7.89. The van der Waals surface area contributed by atoms with Crippen LogP contribution in [0.1, 0.15) is 63.0 Å². The lowest BCUT2D eigenvalue weighted by Crippen LogP contribution is -2.51. The number of nitrogens with one attached hydrogen (secondary N) is 1. The molecule has 2 aromatic rings. The molecule has 0 saturated carbocycles. The van der Waals surface area contributed by atoms with Crippen molar-refractivity contribution in [2.24, 2.45) is 4.99 Å². The lowest BCUT2D eigenvalue weighted by molar-refractivity contribution is -0.142. The Morgan fingerprint density at radius 3 is 2.37 bits per heavy atom. The predicted molar refractivity (Wildman–Crippen MR) is 154 cm³/mol. The lowest BCUT2D eigenvalue weighted by Gasteiger charge is -2.25. The third-order valence-corrected chi connectivity index (χ3v) is 8.99. The summed E-state index contributed by atoms with van der Waals surface area (Å²) in [5.74, 6) is -1.74. The van der Waals surface area contributed by atoms with Gasteiger partial charge in [-0.15, -0.1) is 0 Å². The zero-order valence-electron chi connectivity index (χ0n) is 23.2. The molecule has 0 aromatic heterocycles. The topological polar surface area (TPSA) is 157 Å². The molecule has 10 nitrogen and oxygen atoms in total. The van der Waals surface area contributed by atoms with Crippen molar-refractivity contribution < 1.29 is 27.9 Å². The molecule has 1 aliphatic rings. The molecule has 3 rings (SSSR count). The average molecular weight is 581 g/mol. The van der Waals surface area contributed by atoms with Gasteiger partial charge in [0.2, 0.25) is 22.1 Å². The second-order valence-electron chi connectivity index (χ2n) is 10.2. The summed E-state index contributed by atoms with van der Waals surface area (Å²) in [6.45, 7) is 2.00. The molecular weight excluding hydrogens is 544 g/mol. The van der Waals surface area contributed by atoms with E-state index in [9.17, 15) is 27.9 Å². The van der Waals surface area contributed by atoms with Crippen LogP contribution >= 0.6 is 0 Å². The number of benzene rings is 2. The summed E-state index contributed by atoms with van der Waals surface area (Å²) in [5.41, 5.74) is 2.28. The lowest BCUT2D eigenvalue weighted by atomic mass is 10.00. The number of carbonyl (C=O) groups excluding carboxylic acids is 2. The van der Waals surface area contributed by atoms with Crippen molar-refractivity contribution in [3.63, 3.8) is 0 Å². The highest BCUT2D eigenvalue weighted by Gasteiger charge is 2.40. The number of ketones is 1. The molecule has 11 heteroatoms. The van der Waals surface area contributed by atoms with Gasteiger partial charge in [-0.2, -0.15) is 14.6 Å². The van der Waals surface area contributed by atoms with Crippen LogP contribution in [0.2, 0.25) is 0 Å². The van der Waals surface area contributed by atoms with Gasteiger partial charge in [0.25, 0.3) is 0 Å². The van der Waals surface area contributed by atoms with Crippen LogP contribution in [0, 0.1) is 11.5 Å². The molecule has 1 fully saturated rings. The third-order valence-electron chi connectivity index (χ3n) is 7.07. The average Bonchev–Trinajstić information content (AvgIpc) is 3.45.